The highest BCUT2D eigenvalue weighted by molar-refractivity contribution is 7.86. The molecule has 0 aliphatic rings. The molecule has 3 N–H and O–H groups in total. The highest BCUT2D eigenvalue weighted by Crippen LogP contribution is 2.26. The van der Waals surface area contributed by atoms with Gasteiger partial charge in [0, 0.05) is 18.5 Å². The molecule has 4 aromatic rings. The number of furan rings is 1. The van der Waals surface area contributed by atoms with Gasteiger partial charge in [-0.2, -0.15) is 0 Å². The number of hydrogen-bond donors (Lipinski definition) is 1. The molecular formula is C26H25NO4S. The Hall–Kier alpha value is -3.48. The van der Waals surface area contributed by atoms with Gasteiger partial charge in [0.1, 0.15) is 5.78 Å². The average molecular weight is 448 g/mol. The van der Waals surface area contributed by atoms with Crippen LogP contribution in [0.25, 0.3) is 11.1 Å². The van der Waals surface area contributed by atoms with Gasteiger partial charge in [-0.15, -0.1) is 0 Å². The van der Waals surface area contributed by atoms with E-state index >= 15 is 0 Å². The van der Waals surface area contributed by atoms with Gasteiger partial charge >= 0.3 is 0 Å². The number of benzene rings is 3. The smallest absolute Gasteiger partial charge is 0.150 e. The van der Waals surface area contributed by atoms with Crippen molar-refractivity contribution in [2.24, 2.45) is 0 Å². The summed E-state index contributed by atoms with van der Waals surface area (Å²) in [5.41, 5.74) is 4.69. The maximum Gasteiger partial charge on any atom is 0.150 e. The minimum absolute atomic E-state index is 0. The third-order valence-corrected chi connectivity index (χ3v) is 6.19. The molecule has 0 bridgehead atoms. The van der Waals surface area contributed by atoms with E-state index in [4.69, 9.17) is 4.42 Å². The number of rotatable bonds is 9. The highest BCUT2D eigenvalue weighted by Gasteiger charge is 2.12. The van der Waals surface area contributed by atoms with Crippen molar-refractivity contribution in [2.45, 2.75) is 24.2 Å². The lowest BCUT2D eigenvalue weighted by Gasteiger charge is -2.11. The molecule has 1 heterocycles. The second kappa shape index (κ2) is 11.2. The molecule has 3 aromatic carbocycles. The summed E-state index contributed by atoms with van der Waals surface area (Å²) < 4.78 is 21.1. The fourth-order valence-corrected chi connectivity index (χ4v) is 4.42. The molecule has 1 aromatic heterocycles. The summed E-state index contributed by atoms with van der Waals surface area (Å²) in [6, 6.07) is 27.0. The van der Waals surface area contributed by atoms with Gasteiger partial charge in [-0.05, 0) is 52.9 Å². The minimum Gasteiger partial charge on any atom is -0.472 e. The molecule has 4 rings (SSSR count). The van der Waals surface area contributed by atoms with Crippen LogP contribution in [-0.4, -0.2) is 15.5 Å². The third-order valence-electron chi connectivity index (χ3n) is 5.01. The van der Waals surface area contributed by atoms with Crippen molar-refractivity contribution in [1.82, 2.24) is 0 Å². The van der Waals surface area contributed by atoms with Gasteiger partial charge in [0.05, 0.1) is 17.4 Å². The van der Waals surface area contributed by atoms with Crippen molar-refractivity contribution in [3.05, 3.63) is 109 Å². The quantitative estimate of drug-likeness (QED) is 0.391. The Kier molecular flexibility index (Phi) is 8.14. The van der Waals surface area contributed by atoms with Crippen molar-refractivity contribution in [3.63, 3.8) is 0 Å². The van der Waals surface area contributed by atoms with Crippen molar-refractivity contribution < 1.29 is 18.9 Å². The average Bonchev–Trinajstić information content (AvgIpc) is 3.33. The first-order valence-corrected chi connectivity index (χ1v) is 11.3. The van der Waals surface area contributed by atoms with Crippen LogP contribution in [0, 0.1) is 0 Å². The Bertz CT molecular complexity index is 1160. The number of carbonyl (C=O) groups is 1. The van der Waals surface area contributed by atoms with E-state index in [1.165, 1.54) is 0 Å². The van der Waals surface area contributed by atoms with Crippen LogP contribution in [0.15, 0.2) is 107 Å². The van der Waals surface area contributed by atoms with E-state index < -0.39 is 11.0 Å². The van der Waals surface area contributed by atoms with Crippen LogP contribution in [0.3, 0.4) is 0 Å². The zero-order chi connectivity index (χ0) is 21.5. The predicted octanol–water partition coefficient (Wildman–Crippen LogP) is 5.00. The van der Waals surface area contributed by atoms with Crippen LogP contribution in [0.5, 0.6) is 0 Å². The molecule has 0 spiro atoms. The summed E-state index contributed by atoms with van der Waals surface area (Å²) in [5, 5.41) is 0. The molecule has 0 saturated carbocycles. The van der Waals surface area contributed by atoms with Crippen molar-refractivity contribution >= 4 is 22.5 Å². The molecule has 0 saturated heterocycles. The first-order chi connectivity index (χ1) is 15.2. The van der Waals surface area contributed by atoms with Crippen LogP contribution in [0.2, 0.25) is 0 Å². The van der Waals surface area contributed by atoms with Crippen LogP contribution >= 0.6 is 0 Å². The van der Waals surface area contributed by atoms with Gasteiger partial charge in [-0.25, -0.2) is 4.21 Å². The van der Waals surface area contributed by atoms with Gasteiger partial charge in [0.2, 0.25) is 0 Å². The third kappa shape index (κ3) is 6.03. The molecule has 5 nitrogen and oxygen atoms in total. The van der Waals surface area contributed by atoms with Crippen molar-refractivity contribution in [2.75, 3.05) is 4.72 Å². The number of aryl methyl sites for hydroxylation is 1. The van der Waals surface area contributed by atoms with Crippen LogP contribution < -0.4 is 4.72 Å². The summed E-state index contributed by atoms with van der Waals surface area (Å²) >= 11 is 0. The number of nitrogens with one attached hydrogen (secondary N) is 1. The first-order valence-electron chi connectivity index (χ1n) is 10.1. The van der Waals surface area contributed by atoms with E-state index in [1.807, 2.05) is 84.9 Å². The monoisotopic (exact) mass is 447 g/mol. The molecule has 0 fully saturated rings. The minimum atomic E-state index is -1.41. The van der Waals surface area contributed by atoms with Crippen LogP contribution in [0.4, 0.5) is 5.69 Å². The molecule has 1 unspecified atom stereocenters. The molecular weight excluding hydrogens is 422 g/mol. The summed E-state index contributed by atoms with van der Waals surface area (Å²) in [6.07, 6.45) is 4.85. The lowest BCUT2D eigenvalue weighted by molar-refractivity contribution is -0.118. The molecule has 0 aliphatic heterocycles. The second-order valence-corrected chi connectivity index (χ2v) is 8.46. The highest BCUT2D eigenvalue weighted by atomic mass is 32.2. The lowest BCUT2D eigenvalue weighted by atomic mass is 10.0. The maximum absolute atomic E-state index is 13.0. The molecule has 164 valence electrons. The molecule has 0 amide bonds. The molecule has 32 heavy (non-hydrogen) atoms. The summed E-state index contributed by atoms with van der Waals surface area (Å²) in [5.74, 6) is 0.183. The summed E-state index contributed by atoms with van der Waals surface area (Å²) in [6.45, 7) is 0. The molecule has 6 heteroatoms. The standard InChI is InChI=1S/C26H23NO3S.H2O/c28-24(15-12-21-16-17-30-19-21)18-20-10-13-23(14-11-20)27-31(29)26-9-5-4-8-25(26)22-6-2-1-3-7-22;/h1-11,13-14,16-17,19,27H,12,15,18H2;1H2. The number of ketones is 1. The van der Waals surface area contributed by atoms with Gasteiger partial charge < -0.3 is 14.6 Å². The zero-order valence-electron chi connectivity index (χ0n) is 17.5. The predicted molar refractivity (Wildman–Crippen MR) is 128 cm³/mol. The van der Waals surface area contributed by atoms with E-state index in [0.717, 1.165) is 32.8 Å². The van der Waals surface area contributed by atoms with Gasteiger partial charge in [-0.3, -0.25) is 4.79 Å². The van der Waals surface area contributed by atoms with Crippen molar-refractivity contribution in [1.29, 1.82) is 0 Å². The summed E-state index contributed by atoms with van der Waals surface area (Å²) in [4.78, 5) is 13.0. The number of hydrogen-bond acceptors (Lipinski definition) is 3. The van der Waals surface area contributed by atoms with Gasteiger partial charge in [-0.1, -0.05) is 60.7 Å². The zero-order valence-corrected chi connectivity index (χ0v) is 18.3. The van der Waals surface area contributed by atoms with E-state index in [0.29, 0.717) is 19.3 Å². The Balaban J connectivity index is 0.00000289. The van der Waals surface area contributed by atoms with E-state index in [9.17, 15) is 9.00 Å². The number of anilines is 1. The van der Waals surface area contributed by atoms with Gasteiger partial charge in [0.15, 0.2) is 11.0 Å². The largest absolute Gasteiger partial charge is 0.472 e. The van der Waals surface area contributed by atoms with Crippen LogP contribution in [0.1, 0.15) is 17.5 Å². The normalized spacial score (nSPS) is 11.4. The van der Waals surface area contributed by atoms with Crippen molar-refractivity contribution in [3.8, 4) is 11.1 Å². The van der Waals surface area contributed by atoms with E-state index in [-0.39, 0.29) is 11.3 Å². The summed E-state index contributed by atoms with van der Waals surface area (Å²) in [7, 11) is -1.41. The fourth-order valence-electron chi connectivity index (χ4n) is 3.37. The van der Waals surface area contributed by atoms with Gasteiger partial charge in [0.25, 0.3) is 0 Å². The SMILES string of the molecule is O.O=C(CCc1ccoc1)Cc1ccc(NS(=O)c2ccccc2-c2ccccc2)cc1. The second-order valence-electron chi connectivity index (χ2n) is 7.28. The Morgan fingerprint density at radius 1 is 0.844 bits per heavy atom. The Morgan fingerprint density at radius 2 is 1.56 bits per heavy atom. The fraction of sp³-hybridized carbons (Fsp3) is 0.115. The lowest BCUT2D eigenvalue weighted by Crippen LogP contribution is -2.07. The Morgan fingerprint density at radius 3 is 2.28 bits per heavy atom. The number of Topliss-reactive ketones (excluding diaryl/α,β-unsaturated/α-hetero) is 1. The van der Waals surface area contributed by atoms with Crippen LogP contribution in [-0.2, 0) is 28.6 Å². The van der Waals surface area contributed by atoms with E-state index in [1.54, 1.807) is 12.5 Å². The first kappa shape index (κ1) is 23.2. The number of carbonyl (C=O) groups excluding carboxylic acids is 1. The molecule has 1 atom stereocenters. The Labute approximate surface area is 190 Å². The molecule has 0 radical (unpaired) electrons. The maximum atomic E-state index is 13.0. The van der Waals surface area contributed by atoms with E-state index in [2.05, 4.69) is 4.72 Å². The molecule has 0 aliphatic carbocycles. The topological polar surface area (TPSA) is 90.8 Å².